The minimum Gasteiger partial charge on any atom is -0.368 e. The van der Waals surface area contributed by atoms with Crippen LogP contribution in [0.15, 0.2) is 42.5 Å². The number of benzene rings is 2. The fraction of sp³-hybridized carbons (Fsp3) is 0.381. The van der Waals surface area contributed by atoms with Gasteiger partial charge in [-0.25, -0.2) is 0 Å². The highest BCUT2D eigenvalue weighted by Gasteiger charge is 2.23. The molecule has 1 aliphatic rings. The summed E-state index contributed by atoms with van der Waals surface area (Å²) in [5.41, 5.74) is 6.02. The lowest BCUT2D eigenvalue weighted by molar-refractivity contribution is 0.0747. The smallest absolute Gasteiger partial charge is 0.253 e. The van der Waals surface area contributed by atoms with Crippen LogP contribution in [0.5, 0.6) is 0 Å². The Morgan fingerprint density at radius 3 is 2.32 bits per heavy atom. The standard InChI is InChI=1S/C21H26N2OS/c1-16-5-4-6-20(17(16)2)22-11-13-23(14-12-22)21(24)19-9-7-18(8-10-19)15-25-3/h4-10H,11-15H2,1-3H3. The Labute approximate surface area is 155 Å². The molecule has 4 heteroatoms. The largest absolute Gasteiger partial charge is 0.368 e. The van der Waals surface area contributed by atoms with Crippen molar-refractivity contribution >= 4 is 23.4 Å². The number of carbonyl (C=O) groups is 1. The number of carbonyl (C=O) groups excluding carboxylic acids is 1. The Kier molecular flexibility index (Phi) is 5.69. The molecule has 25 heavy (non-hydrogen) atoms. The van der Waals surface area contributed by atoms with Crippen LogP contribution in [-0.2, 0) is 5.75 Å². The number of thioether (sulfide) groups is 1. The fourth-order valence-electron chi connectivity index (χ4n) is 3.32. The average molecular weight is 355 g/mol. The molecular weight excluding hydrogens is 328 g/mol. The van der Waals surface area contributed by atoms with Crippen molar-refractivity contribution in [1.82, 2.24) is 4.90 Å². The minimum atomic E-state index is 0.149. The molecule has 1 amide bonds. The Morgan fingerprint density at radius 1 is 1.00 bits per heavy atom. The maximum atomic E-state index is 12.7. The van der Waals surface area contributed by atoms with Crippen molar-refractivity contribution in [1.29, 1.82) is 0 Å². The van der Waals surface area contributed by atoms with Gasteiger partial charge in [-0.05, 0) is 55.0 Å². The quantitative estimate of drug-likeness (QED) is 0.825. The lowest BCUT2D eigenvalue weighted by Crippen LogP contribution is -2.49. The van der Waals surface area contributed by atoms with Crippen molar-refractivity contribution < 1.29 is 4.79 Å². The van der Waals surface area contributed by atoms with E-state index in [1.807, 2.05) is 17.0 Å². The first-order valence-electron chi connectivity index (χ1n) is 8.78. The molecule has 0 saturated carbocycles. The van der Waals surface area contributed by atoms with Gasteiger partial charge in [0.15, 0.2) is 0 Å². The molecule has 0 aliphatic carbocycles. The molecule has 0 spiro atoms. The summed E-state index contributed by atoms with van der Waals surface area (Å²) in [6.07, 6.45) is 2.09. The third kappa shape index (κ3) is 4.01. The maximum Gasteiger partial charge on any atom is 0.253 e. The topological polar surface area (TPSA) is 23.6 Å². The van der Waals surface area contributed by atoms with Gasteiger partial charge in [0.05, 0.1) is 0 Å². The molecule has 0 radical (unpaired) electrons. The van der Waals surface area contributed by atoms with Crippen LogP contribution in [0.2, 0.25) is 0 Å². The van der Waals surface area contributed by atoms with Gasteiger partial charge in [-0.1, -0.05) is 24.3 Å². The van der Waals surface area contributed by atoms with Crippen LogP contribution in [0.3, 0.4) is 0 Å². The predicted octanol–water partition coefficient (Wildman–Crippen LogP) is 4.13. The molecule has 2 aromatic carbocycles. The zero-order valence-electron chi connectivity index (χ0n) is 15.3. The highest BCUT2D eigenvalue weighted by atomic mass is 32.2. The van der Waals surface area contributed by atoms with Crippen molar-refractivity contribution in [2.24, 2.45) is 0 Å². The summed E-state index contributed by atoms with van der Waals surface area (Å²) in [6, 6.07) is 14.5. The number of piperazine rings is 1. The number of anilines is 1. The van der Waals surface area contributed by atoms with Crippen LogP contribution in [0.4, 0.5) is 5.69 Å². The van der Waals surface area contributed by atoms with E-state index in [4.69, 9.17) is 0 Å². The van der Waals surface area contributed by atoms with E-state index in [1.54, 1.807) is 11.8 Å². The van der Waals surface area contributed by atoms with Crippen molar-refractivity contribution in [2.75, 3.05) is 37.3 Å². The maximum absolute atomic E-state index is 12.7. The van der Waals surface area contributed by atoms with E-state index in [9.17, 15) is 4.79 Å². The number of aryl methyl sites for hydroxylation is 1. The molecule has 0 N–H and O–H groups in total. The van der Waals surface area contributed by atoms with E-state index in [0.717, 1.165) is 37.5 Å². The average Bonchev–Trinajstić information content (AvgIpc) is 2.64. The monoisotopic (exact) mass is 354 g/mol. The van der Waals surface area contributed by atoms with Gasteiger partial charge in [-0.2, -0.15) is 11.8 Å². The molecule has 0 atom stereocenters. The van der Waals surface area contributed by atoms with Gasteiger partial charge in [0, 0.05) is 43.2 Å². The molecule has 1 saturated heterocycles. The van der Waals surface area contributed by atoms with Crippen LogP contribution in [0.25, 0.3) is 0 Å². The number of amides is 1. The first-order valence-corrected chi connectivity index (χ1v) is 10.2. The first-order chi connectivity index (χ1) is 12.1. The van der Waals surface area contributed by atoms with E-state index < -0.39 is 0 Å². The van der Waals surface area contributed by atoms with Gasteiger partial charge >= 0.3 is 0 Å². The molecule has 0 unspecified atom stereocenters. The molecule has 2 aromatic rings. The lowest BCUT2D eigenvalue weighted by Gasteiger charge is -2.37. The third-order valence-electron chi connectivity index (χ3n) is 5.00. The zero-order chi connectivity index (χ0) is 17.8. The van der Waals surface area contributed by atoms with Gasteiger partial charge in [0.25, 0.3) is 5.91 Å². The number of hydrogen-bond donors (Lipinski definition) is 0. The van der Waals surface area contributed by atoms with Gasteiger partial charge < -0.3 is 9.80 Å². The van der Waals surface area contributed by atoms with Crippen molar-refractivity contribution in [3.05, 3.63) is 64.7 Å². The van der Waals surface area contributed by atoms with Crippen LogP contribution in [0.1, 0.15) is 27.0 Å². The molecule has 3 rings (SSSR count). The van der Waals surface area contributed by atoms with Crippen molar-refractivity contribution in [3.63, 3.8) is 0 Å². The highest BCUT2D eigenvalue weighted by Crippen LogP contribution is 2.24. The van der Waals surface area contributed by atoms with E-state index in [1.165, 1.54) is 22.4 Å². The fourth-order valence-corrected chi connectivity index (χ4v) is 3.85. The molecular formula is C21H26N2OS. The van der Waals surface area contributed by atoms with E-state index in [2.05, 4.69) is 55.3 Å². The molecule has 1 heterocycles. The lowest BCUT2D eigenvalue weighted by atomic mass is 10.1. The second kappa shape index (κ2) is 7.96. The summed E-state index contributed by atoms with van der Waals surface area (Å²) in [5.74, 6) is 1.14. The second-order valence-electron chi connectivity index (χ2n) is 6.63. The van der Waals surface area contributed by atoms with E-state index in [-0.39, 0.29) is 5.91 Å². The molecule has 0 aromatic heterocycles. The molecule has 0 bridgehead atoms. The van der Waals surface area contributed by atoms with Crippen molar-refractivity contribution in [3.8, 4) is 0 Å². The zero-order valence-corrected chi connectivity index (χ0v) is 16.1. The van der Waals surface area contributed by atoms with Gasteiger partial charge in [-0.15, -0.1) is 0 Å². The van der Waals surface area contributed by atoms with Gasteiger partial charge in [0.2, 0.25) is 0 Å². The molecule has 3 nitrogen and oxygen atoms in total. The highest BCUT2D eigenvalue weighted by molar-refractivity contribution is 7.97. The minimum absolute atomic E-state index is 0.149. The molecule has 1 aliphatic heterocycles. The van der Waals surface area contributed by atoms with Gasteiger partial charge in [-0.3, -0.25) is 4.79 Å². The number of hydrogen-bond acceptors (Lipinski definition) is 3. The molecule has 132 valence electrons. The molecule has 1 fully saturated rings. The summed E-state index contributed by atoms with van der Waals surface area (Å²) in [5, 5.41) is 0. The summed E-state index contributed by atoms with van der Waals surface area (Å²) < 4.78 is 0. The Bertz CT molecular complexity index is 734. The number of nitrogens with zero attached hydrogens (tertiary/aromatic N) is 2. The SMILES string of the molecule is CSCc1ccc(C(=O)N2CCN(c3cccc(C)c3C)CC2)cc1. The Balaban J connectivity index is 1.63. The predicted molar refractivity (Wildman–Crippen MR) is 108 cm³/mol. The van der Waals surface area contributed by atoms with Crippen LogP contribution >= 0.6 is 11.8 Å². The van der Waals surface area contributed by atoms with Crippen LogP contribution < -0.4 is 4.90 Å². The van der Waals surface area contributed by atoms with Gasteiger partial charge in [0.1, 0.15) is 0 Å². The second-order valence-corrected chi connectivity index (χ2v) is 7.49. The number of rotatable bonds is 4. The Hall–Kier alpha value is -1.94. The Morgan fingerprint density at radius 2 is 1.68 bits per heavy atom. The summed E-state index contributed by atoms with van der Waals surface area (Å²) in [6.45, 7) is 7.66. The summed E-state index contributed by atoms with van der Waals surface area (Å²) in [7, 11) is 0. The van der Waals surface area contributed by atoms with Crippen molar-refractivity contribution in [2.45, 2.75) is 19.6 Å². The van der Waals surface area contributed by atoms with Crippen LogP contribution in [-0.4, -0.2) is 43.2 Å². The third-order valence-corrected chi connectivity index (χ3v) is 5.62. The van der Waals surface area contributed by atoms with E-state index in [0.29, 0.717) is 0 Å². The summed E-state index contributed by atoms with van der Waals surface area (Å²) >= 11 is 1.80. The normalized spacial score (nSPS) is 14.7. The van der Waals surface area contributed by atoms with E-state index >= 15 is 0 Å². The van der Waals surface area contributed by atoms with Crippen LogP contribution in [0, 0.1) is 13.8 Å². The summed E-state index contributed by atoms with van der Waals surface area (Å²) in [4.78, 5) is 17.1. The first kappa shape index (κ1) is 17.9.